The summed E-state index contributed by atoms with van der Waals surface area (Å²) in [6.07, 6.45) is 2.00. The Morgan fingerprint density at radius 3 is 2.69 bits per heavy atom. The number of aromatic hydroxyl groups is 1. The van der Waals surface area contributed by atoms with Crippen LogP contribution >= 0.6 is 24.0 Å². The highest BCUT2D eigenvalue weighted by Gasteiger charge is 2.22. The maximum Gasteiger partial charge on any atom is 0.246 e. The number of aliphatic imine (C=N–C) groups is 1. The fraction of sp³-hybridized carbons (Fsp3) is 0.391. The lowest BCUT2D eigenvalue weighted by Gasteiger charge is -2.36. The molecule has 0 spiro atoms. The van der Waals surface area contributed by atoms with Crippen molar-refractivity contribution in [2.45, 2.75) is 32.7 Å². The molecular weight excluding hydrogens is 524 g/mol. The lowest BCUT2D eigenvalue weighted by atomic mass is 10.0. The van der Waals surface area contributed by atoms with Gasteiger partial charge in [0.15, 0.2) is 5.96 Å². The summed E-state index contributed by atoms with van der Waals surface area (Å²) in [6.45, 7) is 6.25. The molecule has 0 saturated carbocycles. The predicted octanol–water partition coefficient (Wildman–Crippen LogP) is 3.62. The minimum absolute atomic E-state index is 0. The third-order valence-electron chi connectivity index (χ3n) is 5.14. The first kappa shape index (κ1) is 25.7. The zero-order chi connectivity index (χ0) is 22.2. The molecule has 7 nitrogen and oxygen atoms in total. The number of aryl methyl sites for hydroxylation is 1. The van der Waals surface area contributed by atoms with Crippen molar-refractivity contribution in [2.75, 3.05) is 36.4 Å². The monoisotopic (exact) mass is 555 g/mol. The molecule has 1 amide bonds. The summed E-state index contributed by atoms with van der Waals surface area (Å²) in [4.78, 5) is 18.9. The van der Waals surface area contributed by atoms with Crippen LogP contribution in [0.15, 0.2) is 47.5 Å². The van der Waals surface area contributed by atoms with Gasteiger partial charge < -0.3 is 26.0 Å². The Bertz CT molecular complexity index is 923. The van der Waals surface area contributed by atoms with Crippen molar-refractivity contribution in [1.82, 2.24) is 10.6 Å². The van der Waals surface area contributed by atoms with Crippen LogP contribution in [0.3, 0.4) is 0 Å². The van der Waals surface area contributed by atoms with Crippen LogP contribution in [0, 0.1) is 12.7 Å². The number of anilines is 2. The lowest BCUT2D eigenvalue weighted by Crippen LogP contribution is -2.51. The summed E-state index contributed by atoms with van der Waals surface area (Å²) in [5, 5.41) is 18.7. The Kier molecular flexibility index (Phi) is 10.0. The van der Waals surface area contributed by atoms with Crippen LogP contribution < -0.4 is 20.9 Å². The molecule has 1 aliphatic rings. The van der Waals surface area contributed by atoms with Crippen molar-refractivity contribution in [3.8, 4) is 5.75 Å². The molecule has 0 radical (unpaired) electrons. The van der Waals surface area contributed by atoms with Gasteiger partial charge in [0.25, 0.3) is 0 Å². The van der Waals surface area contributed by atoms with E-state index in [1.54, 1.807) is 18.2 Å². The van der Waals surface area contributed by atoms with Crippen LogP contribution in [-0.4, -0.2) is 49.2 Å². The number of benzene rings is 2. The first-order valence-electron chi connectivity index (χ1n) is 10.6. The van der Waals surface area contributed by atoms with E-state index in [1.807, 2.05) is 19.9 Å². The number of carbonyl (C=O) groups is 1. The number of nitrogens with zero attached hydrogens (tertiary/aromatic N) is 2. The van der Waals surface area contributed by atoms with Gasteiger partial charge >= 0.3 is 0 Å². The number of phenolic OH excluding ortho intramolecular Hbond substituents is 1. The minimum Gasteiger partial charge on any atom is -0.508 e. The van der Waals surface area contributed by atoms with E-state index in [1.165, 1.54) is 18.2 Å². The van der Waals surface area contributed by atoms with Crippen molar-refractivity contribution in [2.24, 2.45) is 4.99 Å². The van der Waals surface area contributed by atoms with Crippen molar-refractivity contribution in [3.63, 3.8) is 0 Å². The van der Waals surface area contributed by atoms with Crippen LogP contribution in [0.5, 0.6) is 5.75 Å². The van der Waals surface area contributed by atoms with E-state index in [0.717, 1.165) is 37.2 Å². The lowest BCUT2D eigenvalue weighted by molar-refractivity contribution is -0.114. The Hall–Kier alpha value is -2.56. The second-order valence-electron chi connectivity index (χ2n) is 7.65. The van der Waals surface area contributed by atoms with Gasteiger partial charge in [-0.15, -0.1) is 24.0 Å². The summed E-state index contributed by atoms with van der Waals surface area (Å²) in [5.74, 6) is 0.272. The Balaban J connectivity index is 0.00000363. The van der Waals surface area contributed by atoms with Gasteiger partial charge in [-0.25, -0.2) is 9.38 Å². The number of piperidine rings is 1. The number of nitrogens with one attached hydrogen (secondary N) is 3. The molecule has 4 N–H and O–H groups in total. The van der Waals surface area contributed by atoms with Gasteiger partial charge in [-0.05, 0) is 74.7 Å². The molecule has 1 saturated heterocycles. The fourth-order valence-corrected chi connectivity index (χ4v) is 3.70. The van der Waals surface area contributed by atoms with E-state index in [-0.39, 0.29) is 54.0 Å². The molecule has 174 valence electrons. The standard InChI is InChI=1S/C23H30FN5O2.HI/c1-3-25-23(26-14-22(31)27-18-7-9-20(30)10-8-18)28-19-5-4-12-29(15-19)21-11-6-17(24)13-16(21)2;/h6-11,13,19,30H,3-5,12,14-15H2,1-2H3,(H,27,31)(H2,25,26,28);1H. The number of amides is 1. The maximum atomic E-state index is 13.5. The second-order valence-corrected chi connectivity index (χ2v) is 7.65. The fourth-order valence-electron chi connectivity index (χ4n) is 3.70. The SMILES string of the molecule is CCNC(=NCC(=O)Nc1ccc(O)cc1)NC1CCCN(c2ccc(F)cc2C)C1.I. The molecule has 1 atom stereocenters. The highest BCUT2D eigenvalue weighted by atomic mass is 127. The van der Waals surface area contributed by atoms with Gasteiger partial charge in [-0.1, -0.05) is 0 Å². The highest BCUT2D eigenvalue weighted by molar-refractivity contribution is 14.0. The normalized spacial score (nSPS) is 16.2. The Morgan fingerprint density at radius 2 is 2.00 bits per heavy atom. The largest absolute Gasteiger partial charge is 0.508 e. The van der Waals surface area contributed by atoms with E-state index in [2.05, 4.69) is 25.8 Å². The van der Waals surface area contributed by atoms with E-state index < -0.39 is 0 Å². The van der Waals surface area contributed by atoms with Crippen LogP contribution in [0.25, 0.3) is 0 Å². The molecule has 3 rings (SSSR count). The maximum absolute atomic E-state index is 13.5. The quantitative estimate of drug-likeness (QED) is 0.189. The molecule has 2 aromatic rings. The number of hydrogen-bond acceptors (Lipinski definition) is 4. The third kappa shape index (κ3) is 7.54. The van der Waals surface area contributed by atoms with Gasteiger partial charge in [0.2, 0.25) is 5.91 Å². The van der Waals surface area contributed by atoms with Gasteiger partial charge in [-0.3, -0.25) is 4.79 Å². The molecule has 0 aliphatic carbocycles. The van der Waals surface area contributed by atoms with Crippen molar-refractivity contribution >= 4 is 47.2 Å². The Morgan fingerprint density at radius 1 is 1.25 bits per heavy atom. The van der Waals surface area contributed by atoms with Gasteiger partial charge in [0.05, 0.1) is 0 Å². The molecule has 0 bridgehead atoms. The van der Waals surface area contributed by atoms with Gasteiger partial charge in [-0.2, -0.15) is 0 Å². The number of rotatable bonds is 6. The average molecular weight is 555 g/mol. The van der Waals surface area contributed by atoms with Crippen molar-refractivity contribution in [3.05, 3.63) is 53.8 Å². The van der Waals surface area contributed by atoms with Crippen molar-refractivity contribution < 1.29 is 14.3 Å². The molecule has 9 heteroatoms. The zero-order valence-corrected chi connectivity index (χ0v) is 20.7. The molecule has 2 aromatic carbocycles. The van der Waals surface area contributed by atoms with Crippen molar-refractivity contribution in [1.29, 1.82) is 0 Å². The van der Waals surface area contributed by atoms with E-state index in [0.29, 0.717) is 18.2 Å². The number of phenols is 1. The summed E-state index contributed by atoms with van der Waals surface area (Å²) in [5.41, 5.74) is 2.57. The molecule has 1 heterocycles. The van der Waals surface area contributed by atoms with Gasteiger partial charge in [0.1, 0.15) is 18.1 Å². The smallest absolute Gasteiger partial charge is 0.246 e. The number of halogens is 2. The average Bonchev–Trinajstić information content (AvgIpc) is 2.74. The van der Waals surface area contributed by atoms with Crippen LogP contribution in [0.4, 0.5) is 15.8 Å². The molecule has 1 fully saturated rings. The molecule has 1 aliphatic heterocycles. The highest BCUT2D eigenvalue weighted by Crippen LogP contribution is 2.24. The van der Waals surface area contributed by atoms with E-state index in [9.17, 15) is 14.3 Å². The number of hydrogen-bond donors (Lipinski definition) is 4. The molecular formula is C23H31FIN5O2. The summed E-state index contributed by atoms with van der Waals surface area (Å²) >= 11 is 0. The van der Waals surface area contributed by atoms with Crippen LogP contribution in [0.1, 0.15) is 25.3 Å². The topological polar surface area (TPSA) is 89.0 Å². The second kappa shape index (κ2) is 12.5. The first-order valence-corrected chi connectivity index (χ1v) is 10.6. The summed E-state index contributed by atoms with van der Waals surface area (Å²) < 4.78 is 13.5. The Labute approximate surface area is 205 Å². The molecule has 0 aromatic heterocycles. The zero-order valence-electron chi connectivity index (χ0n) is 18.4. The summed E-state index contributed by atoms with van der Waals surface area (Å²) in [7, 11) is 0. The molecule has 1 unspecified atom stereocenters. The minimum atomic E-state index is -0.241. The van der Waals surface area contributed by atoms with Crippen LogP contribution in [0.2, 0.25) is 0 Å². The first-order chi connectivity index (χ1) is 14.9. The van der Waals surface area contributed by atoms with E-state index >= 15 is 0 Å². The van der Waals surface area contributed by atoms with Gasteiger partial charge in [0, 0.05) is 37.1 Å². The number of carbonyl (C=O) groups excluding carboxylic acids is 1. The number of guanidine groups is 1. The molecule has 32 heavy (non-hydrogen) atoms. The van der Waals surface area contributed by atoms with Crippen LogP contribution in [-0.2, 0) is 4.79 Å². The third-order valence-corrected chi connectivity index (χ3v) is 5.14. The van der Waals surface area contributed by atoms with E-state index in [4.69, 9.17) is 0 Å². The summed E-state index contributed by atoms with van der Waals surface area (Å²) in [6, 6.07) is 11.4. The predicted molar refractivity (Wildman–Crippen MR) is 138 cm³/mol.